The molecule has 0 saturated carbocycles. The zero-order chi connectivity index (χ0) is 31.0. The molecule has 0 aliphatic carbocycles. The zero-order valence-electron chi connectivity index (χ0n) is 21.9. The van der Waals surface area contributed by atoms with E-state index < -0.39 is 81.4 Å². The molecule has 4 aromatic heterocycles. The summed E-state index contributed by atoms with van der Waals surface area (Å²) in [4.78, 5) is 34.8. The van der Waals surface area contributed by atoms with Gasteiger partial charge in [0.25, 0.3) is 5.56 Å². The number of fused-ring (bicyclic) bond motifs is 4. The highest BCUT2D eigenvalue weighted by molar-refractivity contribution is 8.44. The summed E-state index contributed by atoms with van der Waals surface area (Å²) in [6.45, 7) is -9.69. The lowest BCUT2D eigenvalue weighted by atomic mass is 10.1. The maximum atomic E-state index is 13.4. The van der Waals surface area contributed by atoms with Crippen LogP contribution in [0.2, 0.25) is 0 Å². The Morgan fingerprint density at radius 3 is 1.93 bits per heavy atom. The molecule has 24 heteroatoms. The number of nitrogen functional groups attached to an aromatic ring is 1. The number of H-pyrrole nitrogens is 1. The molecule has 0 aromatic carbocycles. The number of nitrogens with zero attached hydrogens (tertiary/aromatic N) is 7. The lowest BCUT2D eigenvalue weighted by molar-refractivity contribution is -0.0561. The molecular formula is C20H23N9O11P2S2. The number of aliphatic hydroxyl groups is 2. The van der Waals surface area contributed by atoms with Crippen LogP contribution in [0.25, 0.3) is 22.3 Å². The third-order valence-electron chi connectivity index (χ3n) is 7.23. The molecule has 3 aliphatic rings. The molecule has 0 amide bonds. The summed E-state index contributed by atoms with van der Waals surface area (Å²) < 4.78 is 63.5. The fraction of sp³-hybridized carbons (Fsp3) is 0.500. The highest BCUT2D eigenvalue weighted by atomic mass is 32.7. The number of rotatable bonds is 2. The summed E-state index contributed by atoms with van der Waals surface area (Å²) in [5.74, 6) is 0.0945. The molecule has 236 valence electrons. The molecule has 44 heavy (non-hydrogen) atoms. The molecule has 3 fully saturated rings. The Bertz CT molecular complexity index is 1890. The number of nitrogens with one attached hydrogen (secondary N) is 1. The SMILES string of the molecule is Nc1ncnc2c1ncn2[C@@H]1O[C@@H]2COP(=O)(S)O[C@H]3[C@@H](O)[C@H](n4cnc5c(=O)[nH]cnc54)O[C@@H]3COP(=O)(S)O[C@H]2[C@H]1O. The van der Waals surface area contributed by atoms with Gasteiger partial charge in [-0.05, 0) is 0 Å². The molecule has 0 spiro atoms. The Hall–Kier alpha value is -2.46. The van der Waals surface area contributed by atoms with Crippen molar-refractivity contribution in [3.63, 3.8) is 0 Å². The first-order chi connectivity index (χ1) is 20.9. The van der Waals surface area contributed by atoms with E-state index in [0.29, 0.717) is 0 Å². The van der Waals surface area contributed by atoms with E-state index in [2.05, 4.69) is 54.4 Å². The van der Waals surface area contributed by atoms with Crippen LogP contribution in [0.3, 0.4) is 0 Å². The number of hydrogen-bond donors (Lipinski definition) is 6. The first-order valence-corrected chi connectivity index (χ1v) is 18.1. The van der Waals surface area contributed by atoms with Crippen LogP contribution in [0, 0.1) is 0 Å². The normalized spacial score (nSPS) is 38.3. The lowest BCUT2D eigenvalue weighted by Gasteiger charge is -2.28. The number of ether oxygens (including phenoxy) is 2. The number of aliphatic hydroxyl groups excluding tert-OH is 2. The number of anilines is 1. The van der Waals surface area contributed by atoms with E-state index in [0.717, 1.165) is 6.33 Å². The smallest absolute Gasteiger partial charge is 0.386 e. The minimum Gasteiger partial charge on any atom is -0.386 e. The Balaban J connectivity index is 1.17. The molecule has 5 N–H and O–H groups in total. The number of nitrogens with two attached hydrogens (primary N) is 1. The second-order valence-electron chi connectivity index (χ2n) is 9.92. The van der Waals surface area contributed by atoms with Gasteiger partial charge in [-0.3, -0.25) is 32.0 Å². The Morgan fingerprint density at radius 2 is 1.36 bits per heavy atom. The van der Waals surface area contributed by atoms with E-state index in [-0.39, 0.29) is 28.1 Å². The van der Waals surface area contributed by atoms with E-state index in [1.165, 1.54) is 28.1 Å². The maximum absolute atomic E-state index is 13.4. The van der Waals surface area contributed by atoms with Gasteiger partial charge in [-0.1, -0.05) is 24.5 Å². The van der Waals surface area contributed by atoms with Crippen molar-refractivity contribution in [2.24, 2.45) is 0 Å². The van der Waals surface area contributed by atoms with Crippen molar-refractivity contribution in [1.29, 1.82) is 0 Å². The quantitative estimate of drug-likeness (QED) is 0.119. The van der Waals surface area contributed by atoms with Gasteiger partial charge in [-0.2, -0.15) is 0 Å². The van der Waals surface area contributed by atoms with Gasteiger partial charge in [0, 0.05) is 0 Å². The lowest BCUT2D eigenvalue weighted by Crippen LogP contribution is -2.38. The average Bonchev–Trinajstić information content (AvgIpc) is 3.73. The predicted molar refractivity (Wildman–Crippen MR) is 153 cm³/mol. The molecule has 3 saturated heterocycles. The van der Waals surface area contributed by atoms with Gasteiger partial charge >= 0.3 is 13.6 Å². The van der Waals surface area contributed by atoms with Crippen LogP contribution in [0.15, 0.2) is 30.1 Å². The molecule has 7 rings (SSSR count). The summed E-state index contributed by atoms with van der Waals surface area (Å²) in [5.41, 5.74) is 5.88. The van der Waals surface area contributed by atoms with Crippen LogP contribution >= 0.6 is 38.1 Å². The van der Waals surface area contributed by atoms with Crippen LogP contribution in [-0.2, 0) is 36.7 Å². The number of aromatic amines is 1. The zero-order valence-corrected chi connectivity index (χ0v) is 25.5. The van der Waals surface area contributed by atoms with Gasteiger partial charge in [-0.15, -0.1) is 0 Å². The molecular weight excluding hydrogens is 668 g/mol. The van der Waals surface area contributed by atoms with Crippen molar-refractivity contribution in [1.82, 2.24) is 39.0 Å². The van der Waals surface area contributed by atoms with Gasteiger partial charge in [0.05, 0.1) is 32.2 Å². The van der Waals surface area contributed by atoms with Crippen LogP contribution < -0.4 is 11.3 Å². The van der Waals surface area contributed by atoms with E-state index in [1.54, 1.807) is 0 Å². The maximum Gasteiger partial charge on any atom is 0.386 e. The third kappa shape index (κ3) is 5.27. The number of imidazole rings is 2. The first kappa shape index (κ1) is 30.2. The van der Waals surface area contributed by atoms with Crippen molar-refractivity contribution in [2.45, 2.75) is 49.1 Å². The predicted octanol–water partition coefficient (Wildman–Crippen LogP) is -0.0487. The Morgan fingerprint density at radius 1 is 0.841 bits per heavy atom. The van der Waals surface area contributed by atoms with Crippen LogP contribution in [0.4, 0.5) is 5.82 Å². The fourth-order valence-corrected chi connectivity index (χ4v) is 8.22. The van der Waals surface area contributed by atoms with Gasteiger partial charge in [0.2, 0.25) is 0 Å². The Kier molecular flexibility index (Phi) is 7.63. The molecule has 10 atom stereocenters. The van der Waals surface area contributed by atoms with Crippen LogP contribution in [0.5, 0.6) is 0 Å². The number of hydrogen-bond acceptors (Lipinski definition) is 17. The van der Waals surface area contributed by atoms with Crippen molar-refractivity contribution in [3.8, 4) is 0 Å². The van der Waals surface area contributed by atoms with E-state index in [4.69, 9.17) is 33.3 Å². The van der Waals surface area contributed by atoms with Crippen LogP contribution in [0.1, 0.15) is 12.5 Å². The summed E-state index contributed by atoms with van der Waals surface area (Å²) in [6, 6.07) is 0. The second kappa shape index (κ2) is 11.1. The summed E-state index contributed by atoms with van der Waals surface area (Å²) in [6.07, 6.45) is -5.93. The van der Waals surface area contributed by atoms with Gasteiger partial charge < -0.3 is 30.4 Å². The van der Waals surface area contributed by atoms with E-state index >= 15 is 0 Å². The molecule has 0 bridgehead atoms. The van der Waals surface area contributed by atoms with Crippen molar-refractivity contribution >= 4 is 66.2 Å². The number of thiol groups is 2. The highest BCUT2D eigenvalue weighted by Gasteiger charge is 2.53. The second-order valence-corrected chi connectivity index (χ2v) is 15.7. The van der Waals surface area contributed by atoms with Crippen molar-refractivity contribution in [2.75, 3.05) is 18.9 Å². The monoisotopic (exact) mass is 691 g/mol. The average molecular weight is 692 g/mol. The van der Waals surface area contributed by atoms with Gasteiger partial charge in [0.1, 0.15) is 48.5 Å². The summed E-state index contributed by atoms with van der Waals surface area (Å²) in [7, 11) is 0. The van der Waals surface area contributed by atoms with E-state index in [1.807, 2.05) is 0 Å². The summed E-state index contributed by atoms with van der Waals surface area (Å²) in [5, 5.41) is 22.4. The van der Waals surface area contributed by atoms with Crippen molar-refractivity contribution < 1.29 is 46.9 Å². The molecule has 20 nitrogen and oxygen atoms in total. The summed E-state index contributed by atoms with van der Waals surface area (Å²) >= 11 is 8.12. The van der Waals surface area contributed by atoms with Crippen LogP contribution in [-0.4, -0.2) is 99.1 Å². The molecule has 7 heterocycles. The molecule has 3 aliphatic heterocycles. The third-order valence-corrected chi connectivity index (χ3v) is 10.5. The molecule has 4 aromatic rings. The topological polar surface area (TPSA) is 263 Å². The van der Waals surface area contributed by atoms with Crippen molar-refractivity contribution in [3.05, 3.63) is 35.7 Å². The molecule has 2 unspecified atom stereocenters. The minimum atomic E-state index is -4.29. The fourth-order valence-electron chi connectivity index (χ4n) is 5.24. The largest absolute Gasteiger partial charge is 0.386 e. The minimum absolute atomic E-state index is 0.0224. The number of aromatic nitrogens is 8. The van der Waals surface area contributed by atoms with Gasteiger partial charge in [-0.25, -0.2) is 34.0 Å². The Labute approximate surface area is 255 Å². The van der Waals surface area contributed by atoms with Gasteiger partial charge in [0.15, 0.2) is 35.1 Å². The molecule has 0 radical (unpaired) electrons. The van der Waals surface area contributed by atoms with E-state index in [9.17, 15) is 24.1 Å². The standard InChI is InChI=1S/C20H23N9O11P2S2/c21-15-9-16(23-3-22-15)28(5-26-9)19-11(30)13-7(37-19)1-35-42(34,44)40-14-8(2-36-41(33,43)39-13)38-20(12(14)31)29-6-27-10-17(29)24-4-25-18(10)32/h3-8,11-14,19-20,30-31H,1-2H2,(H,33,43)(H,34,44)(H2,21,22,23)(H,24,25,32)/t7-,8-,11-,12-,13-,14-,19-,20-,41?,42?/m1/s1. The highest BCUT2D eigenvalue weighted by Crippen LogP contribution is 2.60. The first-order valence-electron chi connectivity index (χ1n) is 12.7.